The first-order valence-electron chi connectivity index (χ1n) is 11.1. The van der Waals surface area contributed by atoms with Crippen LogP contribution in [0.25, 0.3) is 0 Å². The maximum absolute atomic E-state index is 12.2. The molecule has 0 aromatic carbocycles. The smallest absolute Gasteiger partial charge is 0.225 e. The predicted molar refractivity (Wildman–Crippen MR) is 128 cm³/mol. The summed E-state index contributed by atoms with van der Waals surface area (Å²) >= 11 is 0. The monoisotopic (exact) mass is 521 g/mol. The summed E-state index contributed by atoms with van der Waals surface area (Å²) in [6.45, 7) is 10.2. The molecule has 1 amide bonds. The van der Waals surface area contributed by atoms with E-state index in [1.165, 1.54) is 32.1 Å². The molecule has 1 saturated carbocycles. The third-order valence-electron chi connectivity index (χ3n) is 6.61. The van der Waals surface area contributed by atoms with Gasteiger partial charge in [0.1, 0.15) is 0 Å². The molecule has 1 aliphatic carbocycles. The van der Waals surface area contributed by atoms with Crippen molar-refractivity contribution in [3.8, 4) is 0 Å². The number of hydrogen-bond donors (Lipinski definition) is 2. The van der Waals surface area contributed by atoms with Crippen LogP contribution in [0.4, 0.5) is 0 Å². The fourth-order valence-electron chi connectivity index (χ4n) is 4.93. The number of ether oxygens (including phenoxy) is 1. The molecule has 0 aromatic heterocycles. The number of morpholine rings is 1. The first-order chi connectivity index (χ1) is 13.5. The SMILES string of the molecule is CN=C(NCC1(N2CCOCC2)CCCCC1)NC1CCN(C(=O)C(C)C)C1.I. The Balaban J connectivity index is 0.00000300. The predicted octanol–water partition coefficient (Wildman–Crippen LogP) is 2.06. The lowest BCUT2D eigenvalue weighted by Crippen LogP contribution is -2.61. The number of guanidine groups is 1. The van der Waals surface area contributed by atoms with Crippen LogP contribution in [0.15, 0.2) is 4.99 Å². The van der Waals surface area contributed by atoms with Crippen LogP contribution in [0.1, 0.15) is 52.4 Å². The average Bonchev–Trinajstić information content (AvgIpc) is 3.20. The van der Waals surface area contributed by atoms with Crippen molar-refractivity contribution in [3.05, 3.63) is 0 Å². The van der Waals surface area contributed by atoms with Gasteiger partial charge >= 0.3 is 0 Å². The Labute approximate surface area is 193 Å². The van der Waals surface area contributed by atoms with Crippen molar-refractivity contribution in [2.24, 2.45) is 10.9 Å². The zero-order valence-electron chi connectivity index (χ0n) is 18.4. The van der Waals surface area contributed by atoms with Gasteiger partial charge in [0.05, 0.1) is 13.2 Å². The minimum absolute atomic E-state index is 0. The second kappa shape index (κ2) is 11.7. The van der Waals surface area contributed by atoms with Crippen LogP contribution < -0.4 is 10.6 Å². The van der Waals surface area contributed by atoms with E-state index in [1.807, 2.05) is 25.8 Å². The molecule has 3 fully saturated rings. The Hall–Kier alpha value is -0.610. The van der Waals surface area contributed by atoms with Crippen LogP contribution in [-0.4, -0.2) is 86.2 Å². The van der Waals surface area contributed by atoms with Crippen molar-refractivity contribution in [2.75, 3.05) is 53.0 Å². The normalized spacial score (nSPS) is 25.6. The lowest BCUT2D eigenvalue weighted by Gasteiger charge is -2.48. The maximum Gasteiger partial charge on any atom is 0.225 e. The second-order valence-electron chi connectivity index (χ2n) is 8.88. The number of nitrogens with one attached hydrogen (secondary N) is 2. The molecule has 7 nitrogen and oxygen atoms in total. The Morgan fingerprint density at radius 1 is 1.17 bits per heavy atom. The molecule has 1 unspecified atom stereocenters. The van der Waals surface area contributed by atoms with Gasteiger partial charge in [-0.2, -0.15) is 0 Å². The van der Waals surface area contributed by atoms with Crippen LogP contribution in [0.5, 0.6) is 0 Å². The van der Waals surface area contributed by atoms with E-state index >= 15 is 0 Å². The number of hydrogen-bond acceptors (Lipinski definition) is 4. The van der Waals surface area contributed by atoms with Gasteiger partial charge in [-0.3, -0.25) is 14.7 Å². The van der Waals surface area contributed by atoms with Gasteiger partial charge in [-0.15, -0.1) is 24.0 Å². The summed E-state index contributed by atoms with van der Waals surface area (Å²) in [5.74, 6) is 1.18. The highest BCUT2D eigenvalue weighted by Gasteiger charge is 2.39. The van der Waals surface area contributed by atoms with Crippen molar-refractivity contribution in [1.29, 1.82) is 0 Å². The maximum atomic E-state index is 12.2. The topological polar surface area (TPSA) is 69.2 Å². The van der Waals surface area contributed by atoms with Gasteiger partial charge < -0.3 is 20.3 Å². The number of halogens is 1. The summed E-state index contributed by atoms with van der Waals surface area (Å²) < 4.78 is 5.59. The Kier molecular flexibility index (Phi) is 9.94. The Morgan fingerprint density at radius 3 is 2.48 bits per heavy atom. The summed E-state index contributed by atoms with van der Waals surface area (Å²) in [5.41, 5.74) is 0.217. The number of carbonyl (C=O) groups excluding carboxylic acids is 1. The van der Waals surface area contributed by atoms with Crippen LogP contribution in [0.3, 0.4) is 0 Å². The van der Waals surface area contributed by atoms with E-state index in [9.17, 15) is 4.79 Å². The Morgan fingerprint density at radius 2 is 1.86 bits per heavy atom. The summed E-state index contributed by atoms with van der Waals surface area (Å²) in [6.07, 6.45) is 7.43. The first kappa shape index (κ1) is 24.7. The molecule has 168 valence electrons. The van der Waals surface area contributed by atoms with E-state index in [2.05, 4.69) is 20.5 Å². The molecule has 0 aromatic rings. The van der Waals surface area contributed by atoms with Crippen molar-refractivity contribution >= 4 is 35.8 Å². The van der Waals surface area contributed by atoms with E-state index in [-0.39, 0.29) is 47.4 Å². The number of aliphatic imine (C=N–C) groups is 1. The third-order valence-corrected chi connectivity index (χ3v) is 6.61. The lowest BCUT2D eigenvalue weighted by molar-refractivity contribution is -0.133. The molecule has 29 heavy (non-hydrogen) atoms. The van der Waals surface area contributed by atoms with E-state index in [0.29, 0.717) is 0 Å². The van der Waals surface area contributed by atoms with Gasteiger partial charge in [0.15, 0.2) is 5.96 Å². The molecular weight excluding hydrogens is 481 g/mol. The Bertz CT molecular complexity index is 545. The highest BCUT2D eigenvalue weighted by atomic mass is 127. The number of likely N-dealkylation sites (tertiary alicyclic amines) is 1. The fourth-order valence-corrected chi connectivity index (χ4v) is 4.93. The number of amides is 1. The molecule has 2 aliphatic heterocycles. The average molecular weight is 521 g/mol. The summed E-state index contributed by atoms with van der Waals surface area (Å²) in [7, 11) is 1.84. The molecular formula is C21H40IN5O2. The van der Waals surface area contributed by atoms with Crippen molar-refractivity contribution in [2.45, 2.75) is 64.0 Å². The molecule has 2 heterocycles. The van der Waals surface area contributed by atoms with Gasteiger partial charge in [-0.1, -0.05) is 33.1 Å². The van der Waals surface area contributed by atoms with Crippen LogP contribution in [-0.2, 0) is 9.53 Å². The highest BCUT2D eigenvalue weighted by Crippen LogP contribution is 2.33. The molecule has 3 rings (SSSR count). The van der Waals surface area contributed by atoms with Crippen molar-refractivity contribution in [1.82, 2.24) is 20.4 Å². The van der Waals surface area contributed by atoms with Gasteiger partial charge in [0.2, 0.25) is 5.91 Å². The number of rotatable bonds is 5. The summed E-state index contributed by atoms with van der Waals surface area (Å²) in [6, 6.07) is 0.277. The van der Waals surface area contributed by atoms with E-state index < -0.39 is 0 Å². The lowest BCUT2D eigenvalue weighted by atomic mass is 9.80. The first-order valence-corrected chi connectivity index (χ1v) is 11.1. The third kappa shape index (κ3) is 6.43. The van der Waals surface area contributed by atoms with Crippen LogP contribution >= 0.6 is 24.0 Å². The van der Waals surface area contributed by atoms with E-state index in [4.69, 9.17) is 4.74 Å². The molecule has 8 heteroatoms. The largest absolute Gasteiger partial charge is 0.379 e. The summed E-state index contributed by atoms with van der Waals surface area (Å²) in [4.78, 5) is 21.3. The zero-order chi connectivity index (χ0) is 20.0. The minimum Gasteiger partial charge on any atom is -0.379 e. The van der Waals surface area contributed by atoms with Gasteiger partial charge in [-0.05, 0) is 19.3 Å². The molecule has 2 saturated heterocycles. The molecule has 0 radical (unpaired) electrons. The fraction of sp³-hybridized carbons (Fsp3) is 0.905. The molecule has 0 spiro atoms. The minimum atomic E-state index is 0. The number of carbonyl (C=O) groups is 1. The molecule has 1 atom stereocenters. The van der Waals surface area contributed by atoms with Crippen molar-refractivity contribution < 1.29 is 9.53 Å². The molecule has 3 aliphatic rings. The summed E-state index contributed by atoms with van der Waals surface area (Å²) in [5, 5.41) is 7.17. The van der Waals surface area contributed by atoms with E-state index in [1.54, 1.807) is 0 Å². The molecule has 2 N–H and O–H groups in total. The number of nitrogens with zero attached hydrogens (tertiary/aromatic N) is 3. The van der Waals surface area contributed by atoms with Gasteiger partial charge in [0.25, 0.3) is 0 Å². The van der Waals surface area contributed by atoms with E-state index in [0.717, 1.165) is 58.3 Å². The standard InChI is InChI=1S/C21H39N5O2.HI/c1-17(2)19(27)25-10-7-18(15-25)24-20(22-3)23-16-21(8-5-4-6-9-21)26-11-13-28-14-12-26;/h17-18H,4-16H2,1-3H3,(H2,22,23,24);1H. The van der Waals surface area contributed by atoms with Gasteiger partial charge in [-0.25, -0.2) is 0 Å². The van der Waals surface area contributed by atoms with Crippen molar-refractivity contribution in [3.63, 3.8) is 0 Å². The van der Waals surface area contributed by atoms with Crippen LogP contribution in [0.2, 0.25) is 0 Å². The second-order valence-corrected chi connectivity index (χ2v) is 8.88. The highest BCUT2D eigenvalue weighted by molar-refractivity contribution is 14.0. The van der Waals surface area contributed by atoms with Crippen LogP contribution in [0, 0.1) is 5.92 Å². The van der Waals surface area contributed by atoms with Gasteiger partial charge in [0, 0.05) is 57.3 Å². The zero-order valence-corrected chi connectivity index (χ0v) is 20.7. The quantitative estimate of drug-likeness (QED) is 0.330. The molecule has 0 bridgehead atoms.